The number of carbonyl (C=O) groups excluding carboxylic acids is 1. The minimum Gasteiger partial charge on any atom is -0.387 e. The van der Waals surface area contributed by atoms with Gasteiger partial charge in [0.15, 0.2) is 0 Å². The molecular weight excluding hydrogens is 597 g/mol. The molecule has 0 spiro atoms. The Bertz CT molecular complexity index is 1450. The van der Waals surface area contributed by atoms with Crippen LogP contribution < -0.4 is 9.62 Å². The fraction of sp³-hybridized carbons (Fsp3) is 0.444. The lowest BCUT2D eigenvalue weighted by Gasteiger charge is -2.39. The molecular formula is C27H27F7N2O5S. The maximum absolute atomic E-state index is 14.1. The minimum atomic E-state index is -6.16. The van der Waals surface area contributed by atoms with Gasteiger partial charge in [0.05, 0.1) is 28.8 Å². The number of anilines is 1. The van der Waals surface area contributed by atoms with Crippen LogP contribution in [0.3, 0.4) is 0 Å². The molecule has 1 heterocycles. The molecule has 2 aromatic rings. The van der Waals surface area contributed by atoms with Crippen LogP contribution in [-0.2, 0) is 26.8 Å². The highest BCUT2D eigenvalue weighted by Gasteiger charge is 2.71. The summed E-state index contributed by atoms with van der Waals surface area (Å²) in [6, 6.07) is 5.17. The second-order valence-electron chi connectivity index (χ2n) is 10.3. The Morgan fingerprint density at radius 3 is 2.14 bits per heavy atom. The van der Waals surface area contributed by atoms with Gasteiger partial charge >= 0.3 is 12.4 Å². The monoisotopic (exact) mass is 624 g/mol. The van der Waals surface area contributed by atoms with Gasteiger partial charge in [-0.3, -0.25) is 9.10 Å². The first-order valence-corrected chi connectivity index (χ1v) is 13.8. The Morgan fingerprint density at radius 2 is 1.64 bits per heavy atom. The zero-order valence-corrected chi connectivity index (χ0v) is 23.0. The largest absolute Gasteiger partial charge is 0.430 e. The number of hydrogen-bond acceptors (Lipinski definition) is 5. The van der Waals surface area contributed by atoms with Crippen molar-refractivity contribution in [2.75, 3.05) is 10.8 Å². The number of sulfonamides is 1. The fourth-order valence-corrected chi connectivity index (χ4v) is 6.15. The first kappa shape index (κ1) is 33.2. The van der Waals surface area contributed by atoms with Gasteiger partial charge in [-0.1, -0.05) is 18.1 Å². The van der Waals surface area contributed by atoms with Crippen molar-refractivity contribution in [1.82, 2.24) is 5.32 Å². The Hall–Kier alpha value is -3.35. The predicted molar refractivity (Wildman–Crippen MR) is 137 cm³/mol. The number of aliphatic hydroxyl groups is 2. The zero-order valence-electron chi connectivity index (χ0n) is 22.2. The second kappa shape index (κ2) is 11.4. The Morgan fingerprint density at radius 1 is 1.07 bits per heavy atom. The molecule has 230 valence electrons. The average molecular weight is 625 g/mol. The molecule has 0 radical (unpaired) electrons. The SMILES string of the molecule is C#Cc1ccc(S(=O)(=O)N2c3ccc(C(O)(C(F)(F)F)C(F)(F)F)cc3CCC2CC(=O)NCC(F)C(C)(C)O)cc1. The second-order valence-corrected chi connectivity index (χ2v) is 12.2. The van der Waals surface area contributed by atoms with E-state index in [1.54, 1.807) is 0 Å². The highest BCUT2D eigenvalue weighted by atomic mass is 32.2. The predicted octanol–water partition coefficient (Wildman–Crippen LogP) is 4.11. The van der Waals surface area contributed by atoms with Crippen LogP contribution >= 0.6 is 0 Å². The number of alkyl halides is 7. The highest BCUT2D eigenvalue weighted by molar-refractivity contribution is 7.92. The number of nitrogens with zero attached hydrogens (tertiary/aromatic N) is 1. The Balaban J connectivity index is 2.09. The molecule has 1 amide bonds. The quantitative estimate of drug-likeness (QED) is 0.303. The van der Waals surface area contributed by atoms with Gasteiger partial charge in [-0.2, -0.15) is 26.3 Å². The van der Waals surface area contributed by atoms with E-state index in [-0.39, 0.29) is 29.0 Å². The zero-order chi connectivity index (χ0) is 31.9. The molecule has 1 aliphatic heterocycles. The smallest absolute Gasteiger partial charge is 0.387 e. The molecule has 7 nitrogen and oxygen atoms in total. The van der Waals surface area contributed by atoms with E-state index in [2.05, 4.69) is 11.2 Å². The van der Waals surface area contributed by atoms with Crippen LogP contribution in [0, 0.1) is 12.3 Å². The number of benzene rings is 2. The van der Waals surface area contributed by atoms with E-state index in [9.17, 15) is 54.2 Å². The number of hydrogen-bond donors (Lipinski definition) is 3. The summed E-state index contributed by atoms with van der Waals surface area (Å²) >= 11 is 0. The Kier molecular flexibility index (Phi) is 8.99. The van der Waals surface area contributed by atoms with Gasteiger partial charge in [0.25, 0.3) is 15.6 Å². The molecule has 42 heavy (non-hydrogen) atoms. The summed E-state index contributed by atoms with van der Waals surface area (Å²) in [7, 11) is -4.59. The van der Waals surface area contributed by atoms with Gasteiger partial charge in [0, 0.05) is 17.5 Å². The van der Waals surface area contributed by atoms with Gasteiger partial charge in [0.1, 0.15) is 6.17 Å². The molecule has 2 aromatic carbocycles. The lowest BCUT2D eigenvalue weighted by molar-refractivity contribution is -0.376. The molecule has 0 fully saturated rings. The molecule has 0 aliphatic carbocycles. The van der Waals surface area contributed by atoms with Crippen molar-refractivity contribution >= 4 is 21.6 Å². The number of carbonyl (C=O) groups is 1. The number of halogens is 7. The molecule has 3 rings (SSSR count). The third-order valence-corrected chi connectivity index (χ3v) is 8.76. The van der Waals surface area contributed by atoms with Crippen LogP contribution in [0.4, 0.5) is 36.4 Å². The van der Waals surface area contributed by atoms with Crippen molar-refractivity contribution in [3.8, 4) is 12.3 Å². The third-order valence-electron chi connectivity index (χ3n) is 6.88. The van der Waals surface area contributed by atoms with E-state index >= 15 is 0 Å². The molecule has 15 heteroatoms. The number of nitrogens with one attached hydrogen (secondary N) is 1. The van der Waals surface area contributed by atoms with Crippen LogP contribution in [0.25, 0.3) is 0 Å². The maximum Gasteiger partial charge on any atom is 0.430 e. The van der Waals surface area contributed by atoms with Gasteiger partial charge < -0.3 is 15.5 Å². The van der Waals surface area contributed by atoms with Crippen LogP contribution in [-0.4, -0.2) is 61.2 Å². The molecule has 2 unspecified atom stereocenters. The first-order chi connectivity index (χ1) is 19.1. The molecule has 0 saturated heterocycles. The van der Waals surface area contributed by atoms with E-state index in [4.69, 9.17) is 6.42 Å². The fourth-order valence-electron chi connectivity index (χ4n) is 4.44. The number of rotatable bonds is 8. The molecule has 1 aliphatic rings. The molecule has 3 N–H and O–H groups in total. The van der Waals surface area contributed by atoms with Gasteiger partial charge in [-0.05, 0) is 62.6 Å². The van der Waals surface area contributed by atoms with Crippen molar-refractivity contribution in [2.24, 2.45) is 0 Å². The average Bonchev–Trinajstić information content (AvgIpc) is 2.88. The summed E-state index contributed by atoms with van der Waals surface area (Å²) in [5.74, 6) is 1.48. The van der Waals surface area contributed by atoms with Crippen molar-refractivity contribution in [2.45, 2.75) is 73.8 Å². The Labute approximate surface area is 237 Å². The summed E-state index contributed by atoms with van der Waals surface area (Å²) < 4.78 is 123. The topological polar surface area (TPSA) is 107 Å². The van der Waals surface area contributed by atoms with E-state index < -0.39 is 70.2 Å². The number of amides is 1. The lowest BCUT2D eigenvalue weighted by Crippen LogP contribution is -2.54. The van der Waals surface area contributed by atoms with E-state index in [0.717, 1.165) is 12.1 Å². The van der Waals surface area contributed by atoms with Crippen LogP contribution in [0.2, 0.25) is 0 Å². The number of aryl methyl sites for hydroxylation is 1. The van der Waals surface area contributed by atoms with Crippen LogP contribution in [0.1, 0.15) is 43.4 Å². The summed E-state index contributed by atoms with van der Waals surface area (Å²) in [5, 5.41) is 21.8. The van der Waals surface area contributed by atoms with E-state index in [1.165, 1.54) is 26.0 Å². The van der Waals surface area contributed by atoms with Crippen molar-refractivity contribution in [3.63, 3.8) is 0 Å². The van der Waals surface area contributed by atoms with Gasteiger partial charge in [0.2, 0.25) is 5.91 Å². The summed E-state index contributed by atoms with van der Waals surface area (Å²) in [6.07, 6.45) is -9.93. The lowest BCUT2D eigenvalue weighted by atomic mass is 9.87. The summed E-state index contributed by atoms with van der Waals surface area (Å²) in [4.78, 5) is 12.3. The van der Waals surface area contributed by atoms with Gasteiger partial charge in [-0.25, -0.2) is 12.8 Å². The molecule has 0 aromatic heterocycles. The van der Waals surface area contributed by atoms with Crippen molar-refractivity contribution in [1.29, 1.82) is 0 Å². The molecule has 2 atom stereocenters. The van der Waals surface area contributed by atoms with Gasteiger partial charge in [-0.15, -0.1) is 6.42 Å². The van der Waals surface area contributed by atoms with Crippen LogP contribution in [0.15, 0.2) is 47.4 Å². The maximum atomic E-state index is 14.1. The van der Waals surface area contributed by atoms with Crippen molar-refractivity contribution in [3.05, 3.63) is 59.2 Å². The third kappa shape index (κ3) is 6.35. The summed E-state index contributed by atoms with van der Waals surface area (Å²) in [5.41, 5.74) is -8.83. The molecule has 0 bridgehead atoms. The van der Waals surface area contributed by atoms with E-state index in [0.29, 0.717) is 28.1 Å². The summed E-state index contributed by atoms with van der Waals surface area (Å²) in [6.45, 7) is 1.74. The van der Waals surface area contributed by atoms with Crippen molar-refractivity contribution < 1.29 is 54.2 Å². The normalized spacial score (nSPS) is 17.3. The highest BCUT2D eigenvalue weighted by Crippen LogP contribution is 2.51. The van der Waals surface area contributed by atoms with Crippen LogP contribution in [0.5, 0.6) is 0 Å². The standard InChI is InChI=1S/C27H27F7N2O5S/c1-4-16-5-10-20(11-6-16)42(40,41)36-19(14-23(37)35-15-22(28)24(2,3)38)9-7-17-13-18(8-12-21(17)36)25(39,26(29,30)31)27(32,33)34/h1,5-6,8,10-13,19,22,38-39H,7,9,14-15H2,2-3H3,(H,35,37). The first-order valence-electron chi connectivity index (χ1n) is 12.4. The number of fused-ring (bicyclic) bond motifs is 1. The minimum absolute atomic E-state index is 0.230. The molecule has 0 saturated carbocycles. The number of terminal acetylenes is 1. The van der Waals surface area contributed by atoms with E-state index in [1.807, 2.05) is 0 Å².